The van der Waals surface area contributed by atoms with E-state index in [1.165, 1.54) is 18.2 Å². The Labute approximate surface area is 262 Å². The van der Waals surface area contributed by atoms with Crippen LogP contribution in [-0.2, 0) is 22.6 Å². The maximum absolute atomic E-state index is 14.0. The van der Waals surface area contributed by atoms with Gasteiger partial charge in [-0.3, -0.25) is 19.2 Å². The fourth-order valence-corrected chi connectivity index (χ4v) is 4.62. The van der Waals surface area contributed by atoms with Gasteiger partial charge in [0.2, 0.25) is 11.8 Å². The van der Waals surface area contributed by atoms with Gasteiger partial charge in [-0.15, -0.1) is 0 Å². The van der Waals surface area contributed by atoms with E-state index in [9.17, 15) is 28.0 Å². The summed E-state index contributed by atoms with van der Waals surface area (Å²) in [6.45, 7) is 7.53. The molecule has 240 valence electrons. The van der Waals surface area contributed by atoms with Crippen molar-refractivity contribution < 1.29 is 28.0 Å². The van der Waals surface area contributed by atoms with E-state index in [4.69, 9.17) is 0 Å². The molecular formula is C34H41F2N5O4. The highest BCUT2D eigenvalue weighted by molar-refractivity contribution is 5.99. The molecule has 0 aliphatic heterocycles. The number of halogens is 2. The third kappa shape index (κ3) is 10.5. The minimum atomic E-state index is -0.768. The molecule has 0 aliphatic rings. The Morgan fingerprint density at radius 2 is 1.36 bits per heavy atom. The Bertz CT molecular complexity index is 1450. The fraction of sp³-hybridized carbons (Fsp3) is 0.353. The summed E-state index contributed by atoms with van der Waals surface area (Å²) < 4.78 is 27.9. The summed E-state index contributed by atoms with van der Waals surface area (Å²) in [7, 11) is 0. The van der Waals surface area contributed by atoms with Crippen LogP contribution in [0.15, 0.2) is 72.8 Å². The number of hydrogen-bond donors (Lipinski definition) is 5. The second-order valence-electron chi connectivity index (χ2n) is 11.1. The van der Waals surface area contributed by atoms with Crippen molar-refractivity contribution in [3.05, 3.63) is 107 Å². The monoisotopic (exact) mass is 621 g/mol. The van der Waals surface area contributed by atoms with Crippen molar-refractivity contribution in [2.75, 3.05) is 13.1 Å². The fourth-order valence-electron chi connectivity index (χ4n) is 4.62. The molecule has 3 aromatic rings. The Hall–Kier alpha value is -4.64. The van der Waals surface area contributed by atoms with Gasteiger partial charge in [0, 0.05) is 42.4 Å². The lowest BCUT2D eigenvalue weighted by Crippen LogP contribution is -2.55. The number of rotatable bonds is 15. The number of likely N-dealkylation sites (N-methyl/N-ethyl adjacent to an activating group) is 1. The van der Waals surface area contributed by atoms with Crippen LogP contribution in [0.1, 0.15) is 59.5 Å². The van der Waals surface area contributed by atoms with Crippen molar-refractivity contribution in [1.29, 1.82) is 0 Å². The largest absolute Gasteiger partial charge is 0.355 e. The first-order valence-electron chi connectivity index (χ1n) is 15.0. The van der Waals surface area contributed by atoms with Gasteiger partial charge in [0.05, 0.1) is 6.04 Å². The minimum absolute atomic E-state index is 0.115. The predicted octanol–water partition coefficient (Wildman–Crippen LogP) is 3.49. The topological polar surface area (TPSA) is 128 Å². The Balaban J connectivity index is 1.67. The highest BCUT2D eigenvalue weighted by atomic mass is 19.1. The van der Waals surface area contributed by atoms with Crippen molar-refractivity contribution in [3.8, 4) is 0 Å². The standard InChI is InChI=1S/C34H41F2N5O4/c1-5-37-34(45)30(21(2)3)41-31(42)22(4)38-19-26(17-23-11-7-6-8-12-23)40-33(44)25-14-9-13-24(18-25)32(43)39-20-27-28(35)15-10-16-29(27)36/h6-16,18,21-22,26,30,38H,5,17,19-20H2,1-4H3,(H,37,45)(H,39,43)(H,40,44)(H,41,42)/t22-,26-,30-/m0/s1. The average Bonchev–Trinajstić information content (AvgIpc) is 3.02. The summed E-state index contributed by atoms with van der Waals surface area (Å²) in [5.41, 5.74) is 1.06. The number of carbonyl (C=O) groups is 4. The first kappa shape index (κ1) is 34.8. The summed E-state index contributed by atoms with van der Waals surface area (Å²) >= 11 is 0. The van der Waals surface area contributed by atoms with Crippen LogP contribution in [0.4, 0.5) is 8.78 Å². The Kier molecular flexibility index (Phi) is 13.2. The van der Waals surface area contributed by atoms with Crippen LogP contribution in [0.25, 0.3) is 0 Å². The molecule has 0 unspecified atom stereocenters. The van der Waals surface area contributed by atoms with E-state index < -0.39 is 41.6 Å². The van der Waals surface area contributed by atoms with Gasteiger partial charge < -0.3 is 26.6 Å². The Morgan fingerprint density at radius 1 is 0.733 bits per heavy atom. The van der Waals surface area contributed by atoms with Crippen LogP contribution in [0.2, 0.25) is 0 Å². The number of benzene rings is 3. The lowest BCUT2D eigenvalue weighted by Gasteiger charge is -2.25. The second kappa shape index (κ2) is 17.0. The SMILES string of the molecule is CCNC(=O)[C@@H](NC(=O)[C@H](C)NC[C@H](Cc1ccccc1)NC(=O)c1cccc(C(=O)NCc2c(F)cccc2F)c1)C(C)C. The van der Waals surface area contributed by atoms with E-state index in [2.05, 4.69) is 26.6 Å². The van der Waals surface area contributed by atoms with Gasteiger partial charge in [-0.2, -0.15) is 0 Å². The van der Waals surface area contributed by atoms with Crippen LogP contribution in [0.5, 0.6) is 0 Å². The molecular weight excluding hydrogens is 580 g/mol. The second-order valence-corrected chi connectivity index (χ2v) is 11.1. The maximum atomic E-state index is 14.0. The van der Waals surface area contributed by atoms with Crippen LogP contribution in [0.3, 0.4) is 0 Å². The quantitative estimate of drug-likeness (QED) is 0.178. The first-order valence-corrected chi connectivity index (χ1v) is 15.0. The summed E-state index contributed by atoms with van der Waals surface area (Å²) in [5.74, 6) is -3.29. The number of carbonyl (C=O) groups excluding carboxylic acids is 4. The summed E-state index contributed by atoms with van der Waals surface area (Å²) in [6.07, 6.45) is 0.454. The molecule has 0 spiro atoms. The molecule has 0 radical (unpaired) electrons. The molecule has 45 heavy (non-hydrogen) atoms. The molecule has 0 bridgehead atoms. The highest BCUT2D eigenvalue weighted by Crippen LogP contribution is 2.13. The van der Waals surface area contributed by atoms with Crippen LogP contribution in [0, 0.1) is 17.6 Å². The van der Waals surface area contributed by atoms with Crippen molar-refractivity contribution in [3.63, 3.8) is 0 Å². The van der Waals surface area contributed by atoms with Crippen LogP contribution < -0.4 is 26.6 Å². The predicted molar refractivity (Wildman–Crippen MR) is 168 cm³/mol. The van der Waals surface area contributed by atoms with E-state index in [1.807, 2.05) is 51.1 Å². The molecule has 11 heteroatoms. The summed E-state index contributed by atoms with van der Waals surface area (Å²) in [6, 6.07) is 17.2. The minimum Gasteiger partial charge on any atom is -0.355 e. The smallest absolute Gasteiger partial charge is 0.251 e. The first-order chi connectivity index (χ1) is 21.5. The van der Waals surface area contributed by atoms with Gasteiger partial charge in [-0.25, -0.2) is 8.78 Å². The van der Waals surface area contributed by atoms with E-state index in [-0.39, 0.29) is 47.5 Å². The van der Waals surface area contributed by atoms with Gasteiger partial charge in [-0.1, -0.05) is 56.3 Å². The number of amides is 4. The van der Waals surface area contributed by atoms with Crippen molar-refractivity contribution in [2.45, 2.75) is 58.8 Å². The van der Waals surface area contributed by atoms with Crippen molar-refractivity contribution in [2.24, 2.45) is 5.92 Å². The molecule has 0 heterocycles. The third-order valence-electron chi connectivity index (χ3n) is 7.20. The van der Waals surface area contributed by atoms with Crippen molar-refractivity contribution in [1.82, 2.24) is 26.6 Å². The zero-order valence-corrected chi connectivity index (χ0v) is 26.0. The molecule has 0 aromatic heterocycles. The zero-order valence-electron chi connectivity index (χ0n) is 26.0. The van der Waals surface area contributed by atoms with E-state index in [0.717, 1.165) is 17.7 Å². The van der Waals surface area contributed by atoms with E-state index in [0.29, 0.717) is 13.0 Å². The van der Waals surface area contributed by atoms with Gasteiger partial charge in [0.15, 0.2) is 0 Å². The number of hydrogen-bond acceptors (Lipinski definition) is 5. The van der Waals surface area contributed by atoms with Gasteiger partial charge in [0.25, 0.3) is 11.8 Å². The molecule has 3 rings (SSSR count). The molecule has 3 atom stereocenters. The molecule has 5 N–H and O–H groups in total. The number of nitrogens with one attached hydrogen (secondary N) is 5. The lowest BCUT2D eigenvalue weighted by atomic mass is 10.0. The van der Waals surface area contributed by atoms with Crippen LogP contribution in [-0.4, -0.2) is 54.8 Å². The molecule has 3 aromatic carbocycles. The molecule has 9 nitrogen and oxygen atoms in total. The molecule has 0 saturated carbocycles. The normalized spacial score (nSPS) is 13.0. The summed E-state index contributed by atoms with van der Waals surface area (Å²) in [5, 5.41) is 14.2. The maximum Gasteiger partial charge on any atom is 0.251 e. The van der Waals surface area contributed by atoms with E-state index in [1.54, 1.807) is 19.1 Å². The lowest BCUT2D eigenvalue weighted by molar-refractivity contribution is -0.130. The third-order valence-corrected chi connectivity index (χ3v) is 7.20. The van der Waals surface area contributed by atoms with Gasteiger partial charge in [-0.05, 0) is 62.1 Å². The molecule has 4 amide bonds. The van der Waals surface area contributed by atoms with Crippen LogP contribution >= 0.6 is 0 Å². The highest BCUT2D eigenvalue weighted by Gasteiger charge is 2.26. The summed E-state index contributed by atoms with van der Waals surface area (Å²) in [4.78, 5) is 51.4. The zero-order chi connectivity index (χ0) is 32.9. The molecule has 0 aliphatic carbocycles. The molecule has 0 saturated heterocycles. The van der Waals surface area contributed by atoms with E-state index >= 15 is 0 Å². The van der Waals surface area contributed by atoms with Gasteiger partial charge in [0.1, 0.15) is 17.7 Å². The molecule has 0 fully saturated rings. The average molecular weight is 622 g/mol. The Morgan fingerprint density at radius 3 is 1.98 bits per heavy atom. The van der Waals surface area contributed by atoms with Gasteiger partial charge >= 0.3 is 0 Å². The van der Waals surface area contributed by atoms with Crippen molar-refractivity contribution >= 4 is 23.6 Å².